The fourth-order valence-corrected chi connectivity index (χ4v) is 2.16. The summed E-state index contributed by atoms with van der Waals surface area (Å²) in [4.78, 5) is 4.46. The van der Waals surface area contributed by atoms with Crippen LogP contribution in [0.5, 0.6) is 0 Å². The zero-order valence-corrected chi connectivity index (χ0v) is 10.5. The maximum absolute atomic E-state index is 9.05. The first kappa shape index (κ1) is 11.9. The highest BCUT2D eigenvalue weighted by atomic mass is 35.5. The molecular weight excluding hydrogens is 234 g/mol. The lowest BCUT2D eigenvalue weighted by Gasteiger charge is -2.06. The van der Waals surface area contributed by atoms with Gasteiger partial charge in [-0.15, -0.1) is 11.6 Å². The Morgan fingerprint density at radius 3 is 2.94 bits per heavy atom. The number of nitrogens with zero attached hydrogens (tertiary/aromatic N) is 3. The third kappa shape index (κ3) is 2.13. The van der Waals surface area contributed by atoms with E-state index in [1.807, 2.05) is 12.1 Å². The smallest absolute Gasteiger partial charge is 0.124 e. The summed E-state index contributed by atoms with van der Waals surface area (Å²) in [5.74, 6) is 1.22. The first-order chi connectivity index (χ1) is 8.31. The number of imidazole rings is 1. The van der Waals surface area contributed by atoms with Crippen molar-refractivity contribution in [3.05, 3.63) is 29.6 Å². The minimum absolute atomic E-state index is 0.378. The van der Waals surface area contributed by atoms with Crippen molar-refractivity contribution < 1.29 is 0 Å². The molecule has 0 saturated carbocycles. The highest BCUT2D eigenvalue weighted by Crippen LogP contribution is 2.21. The van der Waals surface area contributed by atoms with Gasteiger partial charge in [-0.05, 0) is 18.6 Å². The molecule has 0 saturated heterocycles. The van der Waals surface area contributed by atoms with Crippen LogP contribution in [0.15, 0.2) is 18.2 Å². The van der Waals surface area contributed by atoms with Crippen molar-refractivity contribution in [2.24, 2.45) is 0 Å². The minimum Gasteiger partial charge on any atom is -0.327 e. The zero-order valence-electron chi connectivity index (χ0n) is 9.78. The third-order valence-electron chi connectivity index (χ3n) is 2.83. The molecule has 4 heteroatoms. The molecule has 0 radical (unpaired) electrons. The van der Waals surface area contributed by atoms with Crippen LogP contribution in [0.4, 0.5) is 0 Å². The van der Waals surface area contributed by atoms with E-state index >= 15 is 0 Å². The van der Waals surface area contributed by atoms with Crippen molar-refractivity contribution in [3.8, 4) is 6.07 Å². The van der Waals surface area contributed by atoms with Crippen LogP contribution < -0.4 is 0 Å². The summed E-state index contributed by atoms with van der Waals surface area (Å²) in [6.45, 7) is 3.06. The summed E-state index contributed by atoms with van der Waals surface area (Å²) in [7, 11) is 0. The van der Waals surface area contributed by atoms with E-state index < -0.39 is 0 Å². The Balaban J connectivity index is 2.60. The third-order valence-corrected chi connectivity index (χ3v) is 3.07. The lowest BCUT2D eigenvalue weighted by Crippen LogP contribution is -2.01. The average Bonchev–Trinajstić information content (AvgIpc) is 2.73. The number of halogens is 1. The number of alkyl halides is 1. The van der Waals surface area contributed by atoms with E-state index in [9.17, 15) is 0 Å². The Bertz CT molecular complexity index is 566. The van der Waals surface area contributed by atoms with Gasteiger partial charge in [-0.1, -0.05) is 19.4 Å². The second-order valence-electron chi connectivity index (χ2n) is 3.95. The molecule has 0 aliphatic carbocycles. The number of hydrogen-bond acceptors (Lipinski definition) is 2. The van der Waals surface area contributed by atoms with Gasteiger partial charge < -0.3 is 4.57 Å². The van der Waals surface area contributed by atoms with Crippen molar-refractivity contribution in [2.45, 2.75) is 32.2 Å². The number of benzene rings is 1. The Morgan fingerprint density at radius 1 is 1.47 bits per heavy atom. The molecule has 0 spiro atoms. The summed E-state index contributed by atoms with van der Waals surface area (Å²) in [6, 6.07) is 7.85. The van der Waals surface area contributed by atoms with Gasteiger partial charge in [-0.2, -0.15) is 5.26 Å². The van der Waals surface area contributed by atoms with Crippen molar-refractivity contribution in [2.75, 3.05) is 0 Å². The number of nitriles is 1. The number of fused-ring (bicyclic) bond motifs is 1. The SMILES string of the molecule is CCCCn1c(CCl)nc2c(C#N)cccc21. The number of para-hydroxylation sites is 1. The lowest BCUT2D eigenvalue weighted by molar-refractivity contribution is 0.628. The van der Waals surface area contributed by atoms with Gasteiger partial charge in [0.15, 0.2) is 0 Å². The van der Waals surface area contributed by atoms with Crippen LogP contribution in [-0.4, -0.2) is 9.55 Å². The lowest BCUT2D eigenvalue weighted by atomic mass is 10.2. The molecule has 1 aromatic heterocycles. The van der Waals surface area contributed by atoms with E-state index in [2.05, 4.69) is 22.5 Å². The summed E-state index contributed by atoms with van der Waals surface area (Å²) in [5, 5.41) is 9.05. The first-order valence-electron chi connectivity index (χ1n) is 5.76. The maximum Gasteiger partial charge on any atom is 0.124 e. The van der Waals surface area contributed by atoms with Gasteiger partial charge in [-0.25, -0.2) is 4.98 Å². The van der Waals surface area contributed by atoms with Crippen molar-refractivity contribution in [3.63, 3.8) is 0 Å². The summed E-state index contributed by atoms with van der Waals surface area (Å²) in [6.07, 6.45) is 2.21. The quantitative estimate of drug-likeness (QED) is 0.777. The average molecular weight is 248 g/mol. The summed E-state index contributed by atoms with van der Waals surface area (Å²) in [5.41, 5.74) is 2.39. The second-order valence-corrected chi connectivity index (χ2v) is 4.22. The van der Waals surface area contributed by atoms with E-state index in [-0.39, 0.29) is 0 Å². The van der Waals surface area contributed by atoms with Crippen molar-refractivity contribution >= 4 is 22.6 Å². The van der Waals surface area contributed by atoms with Crippen molar-refractivity contribution in [1.82, 2.24) is 9.55 Å². The van der Waals surface area contributed by atoms with E-state index in [1.54, 1.807) is 6.07 Å². The van der Waals surface area contributed by atoms with Gasteiger partial charge in [0.1, 0.15) is 17.4 Å². The highest BCUT2D eigenvalue weighted by Gasteiger charge is 2.12. The maximum atomic E-state index is 9.05. The van der Waals surface area contributed by atoms with E-state index in [1.165, 1.54) is 0 Å². The molecule has 0 amide bonds. The summed E-state index contributed by atoms with van der Waals surface area (Å²) >= 11 is 5.91. The molecule has 0 unspecified atom stereocenters. The highest BCUT2D eigenvalue weighted by molar-refractivity contribution is 6.16. The molecular formula is C13H14ClN3. The Labute approximate surface area is 106 Å². The molecule has 0 aliphatic heterocycles. The number of unbranched alkanes of at least 4 members (excludes halogenated alkanes) is 1. The summed E-state index contributed by atoms with van der Waals surface area (Å²) < 4.78 is 2.12. The molecule has 2 rings (SSSR count). The van der Waals surface area contributed by atoms with Gasteiger partial charge in [-0.3, -0.25) is 0 Å². The fourth-order valence-electron chi connectivity index (χ4n) is 1.95. The molecule has 2 aromatic rings. The van der Waals surface area contributed by atoms with Crippen LogP contribution in [0.2, 0.25) is 0 Å². The molecule has 1 aromatic carbocycles. The molecule has 0 bridgehead atoms. The standard InChI is InChI=1S/C13H14ClN3/c1-2-3-7-17-11-6-4-5-10(9-15)13(11)16-12(17)8-14/h4-6H,2-3,7-8H2,1H3. The van der Waals surface area contributed by atoms with Crippen molar-refractivity contribution in [1.29, 1.82) is 5.26 Å². The first-order valence-corrected chi connectivity index (χ1v) is 6.29. The minimum atomic E-state index is 0.378. The van der Waals surface area contributed by atoms with Gasteiger partial charge in [0.25, 0.3) is 0 Å². The Morgan fingerprint density at radius 2 is 2.29 bits per heavy atom. The van der Waals surface area contributed by atoms with E-state index in [4.69, 9.17) is 16.9 Å². The number of hydrogen-bond donors (Lipinski definition) is 0. The Kier molecular flexibility index (Phi) is 3.65. The molecule has 0 atom stereocenters. The van der Waals surface area contributed by atoms with Crippen LogP contribution in [-0.2, 0) is 12.4 Å². The molecule has 0 aliphatic rings. The normalized spacial score (nSPS) is 10.6. The van der Waals surface area contributed by atoms with Gasteiger partial charge in [0.2, 0.25) is 0 Å². The molecule has 0 N–H and O–H groups in total. The van der Waals surface area contributed by atoms with Crippen LogP contribution in [0.1, 0.15) is 31.2 Å². The largest absolute Gasteiger partial charge is 0.327 e. The second kappa shape index (κ2) is 5.20. The molecule has 1 heterocycles. The number of aryl methyl sites for hydroxylation is 1. The van der Waals surface area contributed by atoms with Crippen LogP contribution in [0.25, 0.3) is 11.0 Å². The van der Waals surface area contributed by atoms with E-state index in [0.29, 0.717) is 11.4 Å². The molecule has 17 heavy (non-hydrogen) atoms. The van der Waals surface area contributed by atoms with Crippen LogP contribution in [0.3, 0.4) is 0 Å². The monoisotopic (exact) mass is 247 g/mol. The number of rotatable bonds is 4. The van der Waals surface area contributed by atoms with Gasteiger partial charge >= 0.3 is 0 Å². The fraction of sp³-hybridized carbons (Fsp3) is 0.385. The van der Waals surface area contributed by atoms with Crippen LogP contribution >= 0.6 is 11.6 Å². The topological polar surface area (TPSA) is 41.6 Å². The molecule has 0 fully saturated rings. The molecule has 3 nitrogen and oxygen atoms in total. The number of aromatic nitrogens is 2. The molecule has 88 valence electrons. The van der Waals surface area contributed by atoms with E-state index in [0.717, 1.165) is 36.2 Å². The predicted octanol–water partition coefficient (Wildman–Crippen LogP) is 3.45. The predicted molar refractivity (Wildman–Crippen MR) is 68.9 cm³/mol. The van der Waals surface area contributed by atoms with Gasteiger partial charge in [0, 0.05) is 6.54 Å². The van der Waals surface area contributed by atoms with Crippen LogP contribution in [0, 0.1) is 11.3 Å². The zero-order chi connectivity index (χ0) is 12.3. The van der Waals surface area contributed by atoms with Gasteiger partial charge in [0.05, 0.1) is 17.0 Å². The Hall–Kier alpha value is -1.53.